The van der Waals surface area contributed by atoms with Gasteiger partial charge in [0.05, 0.1) is 6.04 Å². The first kappa shape index (κ1) is 13.4. The van der Waals surface area contributed by atoms with Crippen molar-refractivity contribution in [2.75, 3.05) is 18.2 Å². The van der Waals surface area contributed by atoms with Crippen molar-refractivity contribution in [3.8, 4) is 0 Å². The topological polar surface area (TPSA) is 86.2 Å². The number of rotatable bonds is 5. The van der Waals surface area contributed by atoms with E-state index in [1.165, 1.54) is 0 Å². The van der Waals surface area contributed by atoms with Gasteiger partial charge in [0.15, 0.2) is 5.82 Å². The van der Waals surface area contributed by atoms with Gasteiger partial charge in [-0.2, -0.15) is 0 Å². The van der Waals surface area contributed by atoms with E-state index in [0.717, 1.165) is 11.5 Å². The third kappa shape index (κ3) is 3.45. The molecule has 0 spiro atoms. The van der Waals surface area contributed by atoms with E-state index < -0.39 is 0 Å². The normalized spacial score (nSPS) is 12.4. The smallest absolute Gasteiger partial charge is 0.158 e. The maximum absolute atomic E-state index is 5.74. The molecule has 19 heavy (non-hydrogen) atoms. The number of nitrogens with one attached hydrogen (secondary N) is 1. The Kier molecular flexibility index (Phi) is 4.01. The highest BCUT2D eigenvalue weighted by Gasteiger charge is 2.11. The molecule has 0 amide bonds. The van der Waals surface area contributed by atoms with Crippen molar-refractivity contribution in [2.45, 2.75) is 26.5 Å². The van der Waals surface area contributed by atoms with Crippen LogP contribution in [-0.2, 0) is 11.3 Å². The van der Waals surface area contributed by atoms with Crippen LogP contribution in [0.15, 0.2) is 22.6 Å². The molecule has 0 aliphatic heterocycles. The van der Waals surface area contributed by atoms with Crippen molar-refractivity contribution >= 4 is 11.6 Å². The van der Waals surface area contributed by atoms with Crippen molar-refractivity contribution in [3.63, 3.8) is 0 Å². The Labute approximate surface area is 112 Å². The van der Waals surface area contributed by atoms with Crippen LogP contribution in [0, 0.1) is 6.92 Å². The van der Waals surface area contributed by atoms with Gasteiger partial charge in [0.25, 0.3) is 0 Å². The lowest BCUT2D eigenvalue weighted by atomic mass is 10.2. The summed E-state index contributed by atoms with van der Waals surface area (Å²) in [7, 11) is 1.59. The third-order valence-electron chi connectivity index (χ3n) is 2.62. The van der Waals surface area contributed by atoms with Gasteiger partial charge < -0.3 is 20.2 Å². The van der Waals surface area contributed by atoms with E-state index in [1.807, 2.05) is 26.0 Å². The molecule has 0 aliphatic carbocycles. The first-order chi connectivity index (χ1) is 9.08. The summed E-state index contributed by atoms with van der Waals surface area (Å²) < 4.78 is 10.6. The lowest BCUT2D eigenvalue weighted by Gasteiger charge is -2.13. The monoisotopic (exact) mass is 262 g/mol. The Morgan fingerprint density at radius 3 is 2.84 bits per heavy atom. The quantitative estimate of drug-likeness (QED) is 0.859. The minimum Gasteiger partial charge on any atom is -0.464 e. The van der Waals surface area contributed by atoms with Gasteiger partial charge in [-0.05, 0) is 26.0 Å². The predicted molar refractivity (Wildman–Crippen MR) is 72.6 cm³/mol. The number of nitrogens with zero attached hydrogens (tertiary/aromatic N) is 2. The van der Waals surface area contributed by atoms with Gasteiger partial charge in [-0.15, -0.1) is 0 Å². The van der Waals surface area contributed by atoms with Crippen molar-refractivity contribution in [1.29, 1.82) is 0 Å². The number of aromatic nitrogens is 2. The number of methoxy groups -OCH3 is 1. The van der Waals surface area contributed by atoms with Crippen LogP contribution in [0.1, 0.15) is 30.3 Å². The fraction of sp³-hybridized carbons (Fsp3) is 0.385. The number of anilines is 2. The molecule has 2 rings (SSSR count). The highest BCUT2D eigenvalue weighted by atomic mass is 16.5. The molecule has 0 saturated heterocycles. The van der Waals surface area contributed by atoms with E-state index in [4.69, 9.17) is 14.9 Å². The molecule has 1 unspecified atom stereocenters. The van der Waals surface area contributed by atoms with E-state index in [2.05, 4.69) is 15.3 Å². The molecule has 0 bridgehead atoms. The predicted octanol–water partition coefficient (Wildman–Crippen LogP) is 2.28. The van der Waals surface area contributed by atoms with Crippen molar-refractivity contribution < 1.29 is 9.15 Å². The molecule has 0 saturated carbocycles. The number of nitrogens with two attached hydrogens (primary N) is 1. The molecule has 0 radical (unpaired) electrons. The lowest BCUT2D eigenvalue weighted by Crippen LogP contribution is -2.10. The minimum atomic E-state index is -0.00149. The Balaban J connectivity index is 2.14. The Bertz CT molecular complexity index is 553. The molecule has 0 fully saturated rings. The summed E-state index contributed by atoms with van der Waals surface area (Å²) in [6.45, 7) is 4.23. The van der Waals surface area contributed by atoms with Crippen LogP contribution in [-0.4, -0.2) is 17.1 Å². The van der Waals surface area contributed by atoms with Gasteiger partial charge in [-0.3, -0.25) is 0 Å². The van der Waals surface area contributed by atoms with Crippen LogP contribution in [0.4, 0.5) is 11.6 Å². The van der Waals surface area contributed by atoms with Gasteiger partial charge in [0.2, 0.25) is 0 Å². The molecule has 1 atom stereocenters. The molecular weight excluding hydrogens is 244 g/mol. The highest BCUT2D eigenvalue weighted by molar-refractivity contribution is 5.45. The summed E-state index contributed by atoms with van der Waals surface area (Å²) in [4.78, 5) is 8.41. The van der Waals surface area contributed by atoms with Crippen LogP contribution >= 0.6 is 0 Å². The average molecular weight is 262 g/mol. The number of aryl methyl sites for hydroxylation is 1. The summed E-state index contributed by atoms with van der Waals surface area (Å²) in [6.07, 6.45) is 0. The van der Waals surface area contributed by atoms with E-state index in [1.54, 1.807) is 13.2 Å². The standard InChI is InChI=1S/C13H18N4O2/c1-8-4-5-10(19-8)9(2)15-12-6-11(14)16-13(17-12)7-18-3/h4-6,9H,7H2,1-3H3,(H3,14,15,16,17). The number of hydrogen-bond acceptors (Lipinski definition) is 6. The fourth-order valence-corrected chi connectivity index (χ4v) is 1.76. The number of ether oxygens (including phenoxy) is 1. The first-order valence-electron chi connectivity index (χ1n) is 6.03. The maximum Gasteiger partial charge on any atom is 0.158 e. The number of hydrogen-bond donors (Lipinski definition) is 2. The van der Waals surface area contributed by atoms with Crippen molar-refractivity contribution in [1.82, 2.24) is 9.97 Å². The molecule has 102 valence electrons. The minimum absolute atomic E-state index is 0.00149. The van der Waals surface area contributed by atoms with Crippen molar-refractivity contribution in [2.24, 2.45) is 0 Å². The zero-order valence-electron chi connectivity index (χ0n) is 11.3. The van der Waals surface area contributed by atoms with E-state index in [0.29, 0.717) is 24.1 Å². The van der Waals surface area contributed by atoms with Crippen molar-refractivity contribution in [3.05, 3.63) is 35.5 Å². The van der Waals surface area contributed by atoms with Crippen LogP contribution in [0.5, 0.6) is 0 Å². The molecule has 0 aromatic carbocycles. The molecule has 0 aliphatic rings. The highest BCUT2D eigenvalue weighted by Crippen LogP contribution is 2.20. The summed E-state index contributed by atoms with van der Waals surface area (Å²) in [5.74, 6) is 3.34. The van der Waals surface area contributed by atoms with Gasteiger partial charge in [-0.25, -0.2) is 9.97 Å². The summed E-state index contributed by atoms with van der Waals surface area (Å²) in [5.41, 5.74) is 5.74. The number of furan rings is 1. The van der Waals surface area contributed by atoms with Crippen LogP contribution in [0.25, 0.3) is 0 Å². The summed E-state index contributed by atoms with van der Waals surface area (Å²) in [6, 6.07) is 5.55. The summed E-state index contributed by atoms with van der Waals surface area (Å²) in [5, 5.41) is 3.23. The van der Waals surface area contributed by atoms with E-state index in [-0.39, 0.29) is 6.04 Å². The van der Waals surface area contributed by atoms with Gasteiger partial charge >= 0.3 is 0 Å². The van der Waals surface area contributed by atoms with Crippen LogP contribution in [0.2, 0.25) is 0 Å². The zero-order valence-corrected chi connectivity index (χ0v) is 11.3. The summed E-state index contributed by atoms with van der Waals surface area (Å²) >= 11 is 0. The van der Waals surface area contributed by atoms with E-state index >= 15 is 0 Å². The Morgan fingerprint density at radius 2 is 2.21 bits per heavy atom. The fourth-order valence-electron chi connectivity index (χ4n) is 1.76. The maximum atomic E-state index is 5.74. The van der Waals surface area contributed by atoms with Gasteiger partial charge in [0, 0.05) is 13.2 Å². The average Bonchev–Trinajstić information content (AvgIpc) is 2.75. The Morgan fingerprint density at radius 1 is 1.42 bits per heavy atom. The van der Waals surface area contributed by atoms with E-state index in [9.17, 15) is 0 Å². The second-order valence-electron chi connectivity index (χ2n) is 4.34. The third-order valence-corrected chi connectivity index (χ3v) is 2.62. The molecule has 6 nitrogen and oxygen atoms in total. The largest absolute Gasteiger partial charge is 0.464 e. The molecular formula is C13H18N4O2. The van der Waals surface area contributed by atoms with Crippen LogP contribution in [0.3, 0.4) is 0 Å². The lowest BCUT2D eigenvalue weighted by molar-refractivity contribution is 0.178. The second kappa shape index (κ2) is 5.71. The SMILES string of the molecule is COCc1nc(N)cc(NC(C)c2ccc(C)o2)n1. The van der Waals surface area contributed by atoms with Gasteiger partial charge in [0.1, 0.15) is 29.8 Å². The molecule has 2 aromatic rings. The first-order valence-corrected chi connectivity index (χ1v) is 6.03. The van der Waals surface area contributed by atoms with Crippen LogP contribution < -0.4 is 11.1 Å². The zero-order chi connectivity index (χ0) is 13.8. The van der Waals surface area contributed by atoms with Gasteiger partial charge in [-0.1, -0.05) is 0 Å². The molecule has 2 aromatic heterocycles. The molecule has 2 heterocycles. The molecule has 3 N–H and O–H groups in total. The second-order valence-corrected chi connectivity index (χ2v) is 4.34. The number of nitrogen functional groups attached to an aromatic ring is 1. The molecule has 6 heteroatoms. The Hall–Kier alpha value is -2.08.